The number of anilines is 1. The number of carbonyl (C=O) groups excluding carboxylic acids is 3. The number of esters is 1. The van der Waals surface area contributed by atoms with E-state index >= 15 is 0 Å². The minimum atomic E-state index is -0.559. The van der Waals surface area contributed by atoms with Crippen LogP contribution in [0.25, 0.3) is 0 Å². The average Bonchev–Trinajstić information content (AvgIpc) is 2.99. The van der Waals surface area contributed by atoms with E-state index in [1.54, 1.807) is 31.2 Å². The number of hydrogen-bond donors (Lipinski definition) is 2. The normalized spacial score (nSPS) is 10.0. The third-order valence-corrected chi connectivity index (χ3v) is 2.98. The fraction of sp³-hybridized carbons (Fsp3) is 0.188. The SMILES string of the molecule is COC(=O)c1ccccc1NC(=O)CNC(=O)c1ccc(C)o1. The van der Waals surface area contributed by atoms with Gasteiger partial charge in [-0.2, -0.15) is 0 Å². The zero-order valence-electron chi connectivity index (χ0n) is 12.7. The molecule has 2 amide bonds. The lowest BCUT2D eigenvalue weighted by Crippen LogP contribution is -2.33. The number of aryl methyl sites for hydroxylation is 1. The Morgan fingerprint density at radius 1 is 1.13 bits per heavy atom. The van der Waals surface area contributed by atoms with Gasteiger partial charge < -0.3 is 19.8 Å². The first-order valence-electron chi connectivity index (χ1n) is 6.83. The van der Waals surface area contributed by atoms with Crippen LogP contribution in [0.2, 0.25) is 0 Å². The van der Waals surface area contributed by atoms with Gasteiger partial charge in [0, 0.05) is 0 Å². The lowest BCUT2D eigenvalue weighted by molar-refractivity contribution is -0.115. The first kappa shape index (κ1) is 16.3. The summed E-state index contributed by atoms with van der Waals surface area (Å²) in [5.41, 5.74) is 0.545. The van der Waals surface area contributed by atoms with E-state index in [4.69, 9.17) is 4.42 Å². The highest BCUT2D eigenvalue weighted by atomic mass is 16.5. The number of benzene rings is 1. The smallest absolute Gasteiger partial charge is 0.339 e. The second-order valence-electron chi connectivity index (χ2n) is 4.68. The molecule has 0 aliphatic heterocycles. The van der Waals surface area contributed by atoms with E-state index in [-0.39, 0.29) is 17.9 Å². The van der Waals surface area contributed by atoms with Crippen molar-refractivity contribution >= 4 is 23.5 Å². The Labute approximate surface area is 132 Å². The van der Waals surface area contributed by atoms with Crippen molar-refractivity contribution in [2.45, 2.75) is 6.92 Å². The Morgan fingerprint density at radius 2 is 1.87 bits per heavy atom. The largest absolute Gasteiger partial charge is 0.465 e. The van der Waals surface area contributed by atoms with E-state index < -0.39 is 17.8 Å². The van der Waals surface area contributed by atoms with Crippen LogP contribution < -0.4 is 10.6 Å². The lowest BCUT2D eigenvalue weighted by Gasteiger charge is -2.09. The molecule has 120 valence electrons. The van der Waals surface area contributed by atoms with Crippen molar-refractivity contribution in [3.8, 4) is 0 Å². The molecule has 7 nitrogen and oxygen atoms in total. The number of furan rings is 1. The Morgan fingerprint density at radius 3 is 2.52 bits per heavy atom. The molecule has 0 saturated heterocycles. The fourth-order valence-electron chi connectivity index (χ4n) is 1.88. The first-order valence-corrected chi connectivity index (χ1v) is 6.83. The van der Waals surface area contributed by atoms with Crippen LogP contribution >= 0.6 is 0 Å². The third kappa shape index (κ3) is 4.19. The number of methoxy groups -OCH3 is 1. The standard InChI is InChI=1S/C16H16N2O5/c1-10-7-8-13(23-10)15(20)17-9-14(19)18-12-6-4-3-5-11(12)16(21)22-2/h3-8H,9H2,1-2H3,(H,17,20)(H,18,19). The monoisotopic (exact) mass is 316 g/mol. The predicted octanol–water partition coefficient (Wildman–Crippen LogP) is 1.74. The molecule has 0 spiro atoms. The molecule has 0 atom stereocenters. The Bertz CT molecular complexity index is 736. The summed E-state index contributed by atoms with van der Waals surface area (Å²) in [5, 5.41) is 4.99. The highest BCUT2D eigenvalue weighted by Crippen LogP contribution is 2.15. The molecule has 0 saturated carbocycles. The van der Waals surface area contributed by atoms with E-state index in [2.05, 4.69) is 15.4 Å². The van der Waals surface area contributed by atoms with Crippen molar-refractivity contribution in [3.63, 3.8) is 0 Å². The van der Waals surface area contributed by atoms with Crippen LogP contribution in [0.15, 0.2) is 40.8 Å². The number of hydrogen-bond acceptors (Lipinski definition) is 5. The Balaban J connectivity index is 1.95. The van der Waals surface area contributed by atoms with Crippen LogP contribution in [0, 0.1) is 6.92 Å². The van der Waals surface area contributed by atoms with Crippen molar-refractivity contribution < 1.29 is 23.5 Å². The first-order chi connectivity index (χ1) is 11.0. The molecule has 0 fully saturated rings. The number of carbonyl (C=O) groups is 3. The van der Waals surface area contributed by atoms with Crippen LogP contribution in [-0.4, -0.2) is 31.4 Å². The van der Waals surface area contributed by atoms with Crippen LogP contribution in [0.5, 0.6) is 0 Å². The summed E-state index contributed by atoms with van der Waals surface area (Å²) in [4.78, 5) is 35.3. The van der Waals surface area contributed by atoms with E-state index in [1.165, 1.54) is 19.2 Å². The molecule has 0 unspecified atom stereocenters. The number of ether oxygens (including phenoxy) is 1. The minimum Gasteiger partial charge on any atom is -0.465 e. The van der Waals surface area contributed by atoms with Gasteiger partial charge in [-0.15, -0.1) is 0 Å². The molecule has 7 heteroatoms. The third-order valence-electron chi connectivity index (χ3n) is 2.98. The quantitative estimate of drug-likeness (QED) is 0.819. The second kappa shape index (κ2) is 7.26. The average molecular weight is 316 g/mol. The molecule has 23 heavy (non-hydrogen) atoms. The van der Waals surface area contributed by atoms with Gasteiger partial charge >= 0.3 is 5.97 Å². The second-order valence-corrected chi connectivity index (χ2v) is 4.68. The Kier molecular flexibility index (Phi) is 5.14. The summed E-state index contributed by atoms with van der Waals surface area (Å²) >= 11 is 0. The lowest BCUT2D eigenvalue weighted by atomic mass is 10.2. The minimum absolute atomic E-state index is 0.130. The van der Waals surface area contributed by atoms with Gasteiger partial charge in [0.25, 0.3) is 5.91 Å². The highest BCUT2D eigenvalue weighted by molar-refractivity contribution is 6.03. The summed E-state index contributed by atoms with van der Waals surface area (Å²) in [6, 6.07) is 9.61. The van der Waals surface area contributed by atoms with Crippen LogP contribution in [0.4, 0.5) is 5.69 Å². The van der Waals surface area contributed by atoms with Crippen molar-refractivity contribution in [1.29, 1.82) is 0 Å². The zero-order valence-corrected chi connectivity index (χ0v) is 12.7. The van der Waals surface area contributed by atoms with Crippen LogP contribution in [0.3, 0.4) is 0 Å². The number of nitrogens with one attached hydrogen (secondary N) is 2. The fourth-order valence-corrected chi connectivity index (χ4v) is 1.88. The van der Waals surface area contributed by atoms with Gasteiger partial charge in [0.15, 0.2) is 5.76 Å². The summed E-state index contributed by atoms with van der Waals surface area (Å²) in [5.74, 6) is -0.791. The molecule has 0 bridgehead atoms. The maximum Gasteiger partial charge on any atom is 0.339 e. The number of amides is 2. The topological polar surface area (TPSA) is 97.6 Å². The van der Waals surface area contributed by atoms with Gasteiger partial charge in [-0.05, 0) is 31.2 Å². The van der Waals surface area contributed by atoms with Gasteiger partial charge in [-0.25, -0.2) is 4.79 Å². The maximum absolute atomic E-state index is 11.9. The van der Waals surface area contributed by atoms with E-state index in [0.717, 1.165) is 0 Å². The van der Waals surface area contributed by atoms with Gasteiger partial charge in [0.1, 0.15) is 5.76 Å². The molecule has 0 aliphatic carbocycles. The summed E-state index contributed by atoms with van der Waals surface area (Å²) in [6.07, 6.45) is 0. The van der Waals surface area contributed by atoms with Crippen LogP contribution in [0.1, 0.15) is 26.7 Å². The molecule has 0 radical (unpaired) electrons. The summed E-state index contributed by atoms with van der Waals surface area (Å²) in [6.45, 7) is 1.46. The van der Waals surface area contributed by atoms with Crippen molar-refractivity contribution in [2.75, 3.05) is 19.0 Å². The van der Waals surface area contributed by atoms with Gasteiger partial charge in [0.2, 0.25) is 5.91 Å². The molecular weight excluding hydrogens is 300 g/mol. The molecule has 1 heterocycles. The summed E-state index contributed by atoms with van der Waals surface area (Å²) < 4.78 is 9.80. The Hall–Kier alpha value is -3.09. The van der Waals surface area contributed by atoms with E-state index in [1.807, 2.05) is 0 Å². The van der Waals surface area contributed by atoms with Crippen molar-refractivity contribution in [3.05, 3.63) is 53.5 Å². The maximum atomic E-state index is 11.9. The number of rotatable bonds is 5. The number of para-hydroxylation sites is 1. The van der Waals surface area contributed by atoms with Crippen LogP contribution in [-0.2, 0) is 9.53 Å². The molecule has 2 aromatic rings. The van der Waals surface area contributed by atoms with Crippen molar-refractivity contribution in [1.82, 2.24) is 5.32 Å². The molecule has 0 aliphatic rings. The highest BCUT2D eigenvalue weighted by Gasteiger charge is 2.15. The molecule has 1 aromatic carbocycles. The molecular formula is C16H16N2O5. The zero-order chi connectivity index (χ0) is 16.8. The summed E-state index contributed by atoms with van der Waals surface area (Å²) in [7, 11) is 1.26. The van der Waals surface area contributed by atoms with E-state index in [9.17, 15) is 14.4 Å². The molecule has 2 rings (SSSR count). The molecule has 2 N–H and O–H groups in total. The van der Waals surface area contributed by atoms with Crippen molar-refractivity contribution in [2.24, 2.45) is 0 Å². The van der Waals surface area contributed by atoms with Gasteiger partial charge in [0.05, 0.1) is 24.9 Å². The van der Waals surface area contributed by atoms with E-state index in [0.29, 0.717) is 11.4 Å². The van der Waals surface area contributed by atoms with Gasteiger partial charge in [-0.3, -0.25) is 9.59 Å². The molecule has 1 aromatic heterocycles. The predicted molar refractivity (Wildman–Crippen MR) is 82.2 cm³/mol. The van der Waals surface area contributed by atoms with Gasteiger partial charge in [-0.1, -0.05) is 12.1 Å².